The van der Waals surface area contributed by atoms with Crippen molar-refractivity contribution in [2.45, 2.75) is 6.92 Å². The van der Waals surface area contributed by atoms with E-state index in [2.05, 4.69) is 44.2 Å². The number of aryl methyl sites for hydroxylation is 1. The van der Waals surface area contributed by atoms with E-state index < -0.39 is 0 Å². The quantitative estimate of drug-likeness (QED) is 0.218. The molecule has 3 N–H and O–H groups in total. The number of aliphatic imine (C=N–C) groups is 2. The number of anilines is 3. The number of guanidine groups is 1. The largest absolute Gasteiger partial charge is 0.494 e. The van der Waals surface area contributed by atoms with Crippen molar-refractivity contribution in [3.8, 4) is 5.75 Å². The Morgan fingerprint density at radius 2 is 1.97 bits per heavy atom. The lowest BCUT2D eigenvalue weighted by molar-refractivity contribution is -0.111. The van der Waals surface area contributed by atoms with Crippen LogP contribution < -0.4 is 20.7 Å². The molecule has 0 aliphatic heterocycles. The van der Waals surface area contributed by atoms with Crippen molar-refractivity contribution >= 4 is 52.2 Å². The molecule has 0 aliphatic carbocycles. The second kappa shape index (κ2) is 12.5. The van der Waals surface area contributed by atoms with E-state index in [1.165, 1.54) is 6.08 Å². The van der Waals surface area contributed by atoms with E-state index in [0.29, 0.717) is 35.1 Å². The third-order valence-electron chi connectivity index (χ3n) is 5.60. The molecular weight excluding hydrogens is 468 g/mol. The summed E-state index contributed by atoms with van der Waals surface area (Å²) in [5.74, 6) is 0.482. The van der Waals surface area contributed by atoms with Crippen LogP contribution >= 0.6 is 0 Å². The third-order valence-corrected chi connectivity index (χ3v) is 5.60. The monoisotopic (exact) mass is 502 g/mol. The number of nitrogens with one attached hydrogen (secondary N) is 3. The van der Waals surface area contributed by atoms with E-state index in [1.54, 1.807) is 13.2 Å². The molecule has 194 valence electrons. The number of allylic oxidation sites excluding steroid dienone is 1. The fraction of sp³-hybridized carbons (Fsp3) is 0.259. The average Bonchev–Trinajstić information content (AvgIpc) is 3.26. The Bertz CT molecular complexity index is 1350. The van der Waals surface area contributed by atoms with E-state index in [1.807, 2.05) is 69.3 Å². The number of likely N-dealkylation sites (N-methyl/N-ethyl adjacent to an activating group) is 1. The fourth-order valence-electron chi connectivity index (χ4n) is 3.65. The Labute approximate surface area is 217 Å². The van der Waals surface area contributed by atoms with E-state index >= 15 is 0 Å². The summed E-state index contributed by atoms with van der Waals surface area (Å²) < 4.78 is 7.45. The number of methoxy groups -OCH3 is 1. The summed E-state index contributed by atoms with van der Waals surface area (Å²) in [6, 6.07) is 9.59. The van der Waals surface area contributed by atoms with Gasteiger partial charge >= 0.3 is 0 Å². The number of ether oxygens (including phenoxy) is 1. The van der Waals surface area contributed by atoms with Crippen LogP contribution in [-0.2, 0) is 11.8 Å². The first-order valence-electron chi connectivity index (χ1n) is 11.7. The van der Waals surface area contributed by atoms with Crippen LogP contribution in [0.4, 0.5) is 17.1 Å². The van der Waals surface area contributed by atoms with Crippen LogP contribution in [0.5, 0.6) is 5.75 Å². The molecule has 0 atom stereocenters. The molecule has 0 saturated heterocycles. The van der Waals surface area contributed by atoms with Gasteiger partial charge in [-0.15, -0.1) is 0 Å². The second-order valence-electron chi connectivity index (χ2n) is 8.46. The van der Waals surface area contributed by atoms with Crippen molar-refractivity contribution in [2.75, 3.05) is 50.2 Å². The molecule has 1 amide bonds. The molecular formula is C27H34N8O2. The summed E-state index contributed by atoms with van der Waals surface area (Å²) >= 11 is 0. The van der Waals surface area contributed by atoms with Crippen LogP contribution in [0.25, 0.3) is 16.6 Å². The molecule has 0 unspecified atom stereocenters. The maximum atomic E-state index is 12.1. The minimum Gasteiger partial charge on any atom is -0.494 e. The Kier molecular flexibility index (Phi) is 9.17. The molecule has 0 radical (unpaired) electrons. The number of amides is 1. The van der Waals surface area contributed by atoms with Crippen LogP contribution in [0.3, 0.4) is 0 Å². The number of carbonyl (C=O) groups excluding carboxylic acids is 1. The van der Waals surface area contributed by atoms with Crippen LogP contribution in [0.1, 0.15) is 12.5 Å². The highest BCUT2D eigenvalue weighted by molar-refractivity contribution is 6.05. The van der Waals surface area contributed by atoms with Gasteiger partial charge in [-0.1, -0.05) is 18.7 Å². The highest BCUT2D eigenvalue weighted by Crippen LogP contribution is 2.35. The SMILES string of the molecule is C=CC(=O)Nc1cc(NC(N=C)=N/C(=C\C)c2ccc3c(cnn3C)c2)c(OC)cc1NCCN(C)C. The molecule has 3 aromatic rings. The minimum absolute atomic E-state index is 0.270. The maximum absolute atomic E-state index is 12.1. The van der Waals surface area contributed by atoms with Gasteiger partial charge in [0.15, 0.2) is 0 Å². The van der Waals surface area contributed by atoms with Crippen LogP contribution in [-0.4, -0.2) is 67.6 Å². The zero-order valence-electron chi connectivity index (χ0n) is 22.0. The molecule has 37 heavy (non-hydrogen) atoms. The summed E-state index contributed by atoms with van der Waals surface area (Å²) in [5, 5.41) is 14.7. The highest BCUT2D eigenvalue weighted by atomic mass is 16.5. The Morgan fingerprint density at radius 3 is 2.62 bits per heavy atom. The number of nitrogens with zero attached hydrogens (tertiary/aromatic N) is 5. The highest BCUT2D eigenvalue weighted by Gasteiger charge is 2.14. The second-order valence-corrected chi connectivity index (χ2v) is 8.46. The molecule has 10 heteroatoms. The van der Waals surface area contributed by atoms with Gasteiger partial charge in [0, 0.05) is 37.2 Å². The lowest BCUT2D eigenvalue weighted by Gasteiger charge is -2.19. The zero-order chi connectivity index (χ0) is 26.9. The predicted molar refractivity (Wildman–Crippen MR) is 154 cm³/mol. The third kappa shape index (κ3) is 6.83. The van der Waals surface area contributed by atoms with Crippen LogP contribution in [0.2, 0.25) is 0 Å². The first kappa shape index (κ1) is 27.2. The van der Waals surface area contributed by atoms with Crippen molar-refractivity contribution < 1.29 is 9.53 Å². The standard InChI is InChI=1S/C27H34N8O2/c1-8-20(18-10-11-24-19(14-18)17-30-35(24)6)32-27(28-3)33-23-15-22(31-26(36)9-2)21(16-25(23)37-7)29-12-13-34(4)5/h8-11,14-17,29H,2-3,12-13H2,1,4-7H3,(H,31,36)(H,32,33)/b20-8-. The molecule has 1 heterocycles. The summed E-state index contributed by atoms with van der Waals surface area (Å²) in [5.41, 5.74) is 4.48. The van der Waals surface area contributed by atoms with Crippen molar-refractivity contribution in [3.05, 3.63) is 60.8 Å². The number of fused-ring (bicyclic) bond motifs is 1. The van der Waals surface area contributed by atoms with E-state index in [-0.39, 0.29) is 11.9 Å². The molecule has 0 fully saturated rings. The van der Waals surface area contributed by atoms with Gasteiger partial charge in [-0.3, -0.25) is 9.48 Å². The van der Waals surface area contributed by atoms with Crippen molar-refractivity contribution in [3.63, 3.8) is 0 Å². The number of carbonyl (C=O) groups is 1. The van der Waals surface area contributed by atoms with Gasteiger partial charge in [-0.25, -0.2) is 9.98 Å². The Hall–Kier alpha value is -4.44. The maximum Gasteiger partial charge on any atom is 0.247 e. The number of rotatable bonds is 10. The van der Waals surface area contributed by atoms with E-state index in [0.717, 1.165) is 23.0 Å². The van der Waals surface area contributed by atoms with E-state index in [4.69, 9.17) is 9.73 Å². The van der Waals surface area contributed by atoms with Crippen LogP contribution in [0, 0.1) is 0 Å². The summed E-state index contributed by atoms with van der Waals surface area (Å²) in [6.45, 7) is 10.6. The van der Waals surface area contributed by atoms with Gasteiger partial charge < -0.3 is 25.6 Å². The van der Waals surface area contributed by atoms with Gasteiger partial charge in [0.1, 0.15) is 5.75 Å². The number of hydrogen-bond acceptors (Lipinski definition) is 6. The van der Waals surface area contributed by atoms with Crippen LogP contribution in [0.15, 0.2) is 65.2 Å². The summed E-state index contributed by atoms with van der Waals surface area (Å²) in [4.78, 5) is 23.0. The van der Waals surface area contributed by atoms with Gasteiger partial charge in [-0.05, 0) is 52.0 Å². The van der Waals surface area contributed by atoms with Gasteiger partial charge in [0.25, 0.3) is 0 Å². The predicted octanol–water partition coefficient (Wildman–Crippen LogP) is 4.21. The smallest absolute Gasteiger partial charge is 0.247 e. The normalized spacial score (nSPS) is 11.9. The zero-order valence-corrected chi connectivity index (χ0v) is 22.0. The fourth-order valence-corrected chi connectivity index (χ4v) is 3.65. The first-order chi connectivity index (χ1) is 17.8. The van der Waals surface area contributed by atoms with E-state index in [9.17, 15) is 4.79 Å². The molecule has 0 spiro atoms. The van der Waals surface area contributed by atoms with Crippen molar-refractivity contribution in [1.82, 2.24) is 14.7 Å². The summed E-state index contributed by atoms with van der Waals surface area (Å²) in [6.07, 6.45) is 4.93. The molecule has 10 nitrogen and oxygen atoms in total. The topological polar surface area (TPSA) is 108 Å². The minimum atomic E-state index is -0.329. The molecule has 0 saturated carbocycles. The number of aromatic nitrogens is 2. The molecule has 1 aromatic heterocycles. The van der Waals surface area contributed by atoms with Gasteiger partial charge in [0.05, 0.1) is 41.6 Å². The molecule has 3 rings (SSSR count). The van der Waals surface area contributed by atoms with Crippen molar-refractivity contribution in [1.29, 1.82) is 0 Å². The Balaban J connectivity index is 1.95. The van der Waals surface area contributed by atoms with Gasteiger partial charge in [-0.2, -0.15) is 5.10 Å². The van der Waals surface area contributed by atoms with Crippen molar-refractivity contribution in [2.24, 2.45) is 17.0 Å². The molecule has 0 aliphatic rings. The van der Waals surface area contributed by atoms with Gasteiger partial charge in [0.2, 0.25) is 11.9 Å². The Morgan fingerprint density at radius 1 is 1.19 bits per heavy atom. The molecule has 0 bridgehead atoms. The first-order valence-corrected chi connectivity index (χ1v) is 11.7. The number of benzene rings is 2. The average molecular weight is 503 g/mol. The summed E-state index contributed by atoms with van der Waals surface area (Å²) in [7, 11) is 7.46. The lowest BCUT2D eigenvalue weighted by atomic mass is 10.1. The lowest BCUT2D eigenvalue weighted by Crippen LogP contribution is -2.21. The molecule has 2 aromatic carbocycles. The number of hydrogen-bond donors (Lipinski definition) is 3.